The number of benzene rings is 1. The summed E-state index contributed by atoms with van der Waals surface area (Å²) in [5.74, 6) is -0.00907. The lowest BCUT2D eigenvalue weighted by molar-refractivity contribution is 0.150. The van der Waals surface area contributed by atoms with Gasteiger partial charge in [-0.25, -0.2) is 8.78 Å². The van der Waals surface area contributed by atoms with Gasteiger partial charge in [0.05, 0.1) is 0 Å². The van der Waals surface area contributed by atoms with Crippen molar-refractivity contribution in [2.45, 2.75) is 19.3 Å². The van der Waals surface area contributed by atoms with E-state index in [1.165, 1.54) is 6.07 Å². The standard InChI is InChI=1S/C10H13F2N/c1-7(6-13)8-4-2-3-5-9(8)10(11)12/h2-5,7,10H,6,13H2,1H3. The van der Waals surface area contributed by atoms with Gasteiger partial charge in [0.1, 0.15) is 0 Å². The fourth-order valence-electron chi connectivity index (χ4n) is 1.29. The Morgan fingerprint density at radius 2 is 1.77 bits per heavy atom. The Balaban J connectivity index is 3.04. The van der Waals surface area contributed by atoms with Crippen LogP contribution in [0.4, 0.5) is 8.78 Å². The van der Waals surface area contributed by atoms with Crippen LogP contribution in [-0.4, -0.2) is 6.54 Å². The van der Waals surface area contributed by atoms with E-state index >= 15 is 0 Å². The monoisotopic (exact) mass is 185 g/mol. The molecule has 2 N–H and O–H groups in total. The number of hydrogen-bond acceptors (Lipinski definition) is 1. The van der Waals surface area contributed by atoms with Gasteiger partial charge in [0.2, 0.25) is 0 Å². The molecular weight excluding hydrogens is 172 g/mol. The first-order chi connectivity index (χ1) is 6.16. The third-order valence-electron chi connectivity index (χ3n) is 2.12. The highest BCUT2D eigenvalue weighted by Gasteiger charge is 2.15. The van der Waals surface area contributed by atoms with Crippen LogP contribution in [0.3, 0.4) is 0 Å². The van der Waals surface area contributed by atoms with E-state index < -0.39 is 6.43 Å². The molecule has 1 aromatic carbocycles. The van der Waals surface area contributed by atoms with Crippen molar-refractivity contribution in [2.75, 3.05) is 6.54 Å². The van der Waals surface area contributed by atoms with Crippen molar-refractivity contribution in [1.82, 2.24) is 0 Å². The molecule has 0 aliphatic carbocycles. The fraction of sp³-hybridized carbons (Fsp3) is 0.400. The predicted molar refractivity (Wildman–Crippen MR) is 48.9 cm³/mol. The highest BCUT2D eigenvalue weighted by Crippen LogP contribution is 2.27. The van der Waals surface area contributed by atoms with Crippen molar-refractivity contribution in [1.29, 1.82) is 0 Å². The lowest BCUT2D eigenvalue weighted by Gasteiger charge is -2.13. The maximum absolute atomic E-state index is 12.5. The maximum atomic E-state index is 12.5. The molecule has 13 heavy (non-hydrogen) atoms. The maximum Gasteiger partial charge on any atom is 0.264 e. The normalized spacial score (nSPS) is 13.3. The summed E-state index contributed by atoms with van der Waals surface area (Å²) in [5.41, 5.74) is 6.18. The third kappa shape index (κ3) is 2.25. The van der Waals surface area contributed by atoms with Crippen LogP contribution in [0.1, 0.15) is 30.4 Å². The highest BCUT2D eigenvalue weighted by molar-refractivity contribution is 5.31. The summed E-state index contributed by atoms with van der Waals surface area (Å²) in [6.07, 6.45) is -2.41. The molecule has 0 spiro atoms. The summed E-state index contributed by atoms with van der Waals surface area (Å²) in [4.78, 5) is 0. The molecule has 0 aromatic heterocycles. The van der Waals surface area contributed by atoms with Gasteiger partial charge in [0.25, 0.3) is 6.43 Å². The molecule has 0 aliphatic rings. The van der Waals surface area contributed by atoms with Gasteiger partial charge in [0, 0.05) is 5.56 Å². The molecule has 1 unspecified atom stereocenters. The molecule has 0 saturated carbocycles. The quantitative estimate of drug-likeness (QED) is 0.769. The Labute approximate surface area is 76.6 Å². The van der Waals surface area contributed by atoms with Gasteiger partial charge in [0.15, 0.2) is 0 Å². The Kier molecular flexibility index (Phi) is 3.37. The molecule has 0 aliphatic heterocycles. The number of alkyl halides is 2. The Hall–Kier alpha value is -0.960. The average molecular weight is 185 g/mol. The summed E-state index contributed by atoms with van der Waals surface area (Å²) in [5, 5.41) is 0. The second kappa shape index (κ2) is 4.33. The first kappa shape index (κ1) is 10.1. The summed E-state index contributed by atoms with van der Waals surface area (Å²) >= 11 is 0. The van der Waals surface area contributed by atoms with E-state index in [1.807, 2.05) is 6.92 Å². The van der Waals surface area contributed by atoms with Gasteiger partial charge < -0.3 is 5.73 Å². The first-order valence-electron chi connectivity index (χ1n) is 4.23. The fourth-order valence-corrected chi connectivity index (χ4v) is 1.29. The van der Waals surface area contributed by atoms with E-state index in [0.29, 0.717) is 12.1 Å². The van der Waals surface area contributed by atoms with Crippen LogP contribution in [0, 0.1) is 0 Å². The van der Waals surface area contributed by atoms with Gasteiger partial charge in [-0.2, -0.15) is 0 Å². The van der Waals surface area contributed by atoms with Gasteiger partial charge in [-0.1, -0.05) is 31.2 Å². The zero-order chi connectivity index (χ0) is 9.84. The van der Waals surface area contributed by atoms with Crippen molar-refractivity contribution in [2.24, 2.45) is 5.73 Å². The Morgan fingerprint density at radius 1 is 1.23 bits per heavy atom. The summed E-state index contributed by atoms with van der Waals surface area (Å²) in [6, 6.07) is 6.53. The summed E-state index contributed by atoms with van der Waals surface area (Å²) < 4.78 is 25.0. The molecule has 0 heterocycles. The molecule has 1 rings (SSSR count). The van der Waals surface area contributed by atoms with Crippen molar-refractivity contribution >= 4 is 0 Å². The predicted octanol–water partition coefficient (Wildman–Crippen LogP) is 2.69. The summed E-state index contributed by atoms with van der Waals surface area (Å²) in [6.45, 7) is 2.24. The Morgan fingerprint density at radius 3 is 2.23 bits per heavy atom. The topological polar surface area (TPSA) is 26.0 Å². The summed E-state index contributed by atoms with van der Waals surface area (Å²) in [7, 11) is 0. The van der Waals surface area contributed by atoms with Crippen molar-refractivity contribution < 1.29 is 8.78 Å². The van der Waals surface area contributed by atoms with Crippen LogP contribution >= 0.6 is 0 Å². The zero-order valence-corrected chi connectivity index (χ0v) is 7.50. The largest absolute Gasteiger partial charge is 0.330 e. The van der Waals surface area contributed by atoms with Gasteiger partial charge in [-0.05, 0) is 18.0 Å². The van der Waals surface area contributed by atoms with Crippen molar-refractivity contribution in [3.05, 3.63) is 35.4 Å². The molecule has 0 radical (unpaired) electrons. The molecule has 3 heteroatoms. The minimum absolute atomic E-state index is 0.00907. The molecule has 72 valence electrons. The first-order valence-corrected chi connectivity index (χ1v) is 4.23. The van der Waals surface area contributed by atoms with E-state index in [1.54, 1.807) is 18.2 Å². The van der Waals surface area contributed by atoms with Crippen molar-refractivity contribution in [3.63, 3.8) is 0 Å². The van der Waals surface area contributed by atoms with Gasteiger partial charge in [-0.15, -0.1) is 0 Å². The lowest BCUT2D eigenvalue weighted by Crippen LogP contribution is -2.11. The molecule has 0 saturated heterocycles. The second-order valence-electron chi connectivity index (χ2n) is 3.07. The van der Waals surface area contributed by atoms with Crippen LogP contribution in [0.25, 0.3) is 0 Å². The smallest absolute Gasteiger partial charge is 0.264 e. The highest BCUT2D eigenvalue weighted by atomic mass is 19.3. The van der Waals surface area contributed by atoms with E-state index in [4.69, 9.17) is 5.73 Å². The van der Waals surface area contributed by atoms with E-state index in [-0.39, 0.29) is 11.5 Å². The minimum atomic E-state index is -2.41. The van der Waals surface area contributed by atoms with Gasteiger partial charge in [-0.3, -0.25) is 0 Å². The molecule has 0 amide bonds. The van der Waals surface area contributed by atoms with E-state index in [2.05, 4.69) is 0 Å². The van der Waals surface area contributed by atoms with E-state index in [9.17, 15) is 8.78 Å². The van der Waals surface area contributed by atoms with Crippen molar-refractivity contribution in [3.8, 4) is 0 Å². The van der Waals surface area contributed by atoms with Crippen LogP contribution in [0.2, 0.25) is 0 Å². The second-order valence-corrected chi connectivity index (χ2v) is 3.07. The van der Waals surface area contributed by atoms with Crippen LogP contribution < -0.4 is 5.73 Å². The molecule has 1 atom stereocenters. The zero-order valence-electron chi connectivity index (χ0n) is 7.50. The lowest BCUT2D eigenvalue weighted by atomic mass is 9.96. The minimum Gasteiger partial charge on any atom is -0.330 e. The van der Waals surface area contributed by atoms with Crippen LogP contribution in [0.15, 0.2) is 24.3 Å². The SMILES string of the molecule is CC(CN)c1ccccc1C(F)F. The number of hydrogen-bond donors (Lipinski definition) is 1. The number of nitrogens with two attached hydrogens (primary N) is 1. The molecule has 0 bridgehead atoms. The third-order valence-corrected chi connectivity index (χ3v) is 2.12. The number of rotatable bonds is 3. The van der Waals surface area contributed by atoms with Crippen LogP contribution in [0.5, 0.6) is 0 Å². The van der Waals surface area contributed by atoms with Gasteiger partial charge >= 0.3 is 0 Å². The van der Waals surface area contributed by atoms with E-state index in [0.717, 1.165) is 0 Å². The Bertz CT molecular complexity index is 273. The average Bonchev–Trinajstić information content (AvgIpc) is 2.16. The molecular formula is C10H13F2N. The van der Waals surface area contributed by atoms with Crippen LogP contribution in [-0.2, 0) is 0 Å². The molecule has 0 fully saturated rings. The number of halogens is 2. The molecule has 1 nitrogen and oxygen atoms in total. The molecule has 1 aromatic rings.